The lowest BCUT2D eigenvalue weighted by atomic mass is 9.91. The molecule has 1 aliphatic heterocycles. The van der Waals surface area contributed by atoms with E-state index in [0.717, 1.165) is 11.1 Å². The van der Waals surface area contributed by atoms with Gasteiger partial charge in [0.1, 0.15) is 23.2 Å². The van der Waals surface area contributed by atoms with Gasteiger partial charge in [0.25, 0.3) is 11.6 Å². The molecular weight excluding hydrogens is 479 g/mol. The van der Waals surface area contributed by atoms with E-state index in [1.165, 1.54) is 49.6 Å². The van der Waals surface area contributed by atoms with Gasteiger partial charge in [0.2, 0.25) is 0 Å². The number of ether oxygens (including phenoxy) is 3. The molecule has 3 aromatic carbocycles. The van der Waals surface area contributed by atoms with E-state index in [9.17, 15) is 19.3 Å². The van der Waals surface area contributed by atoms with Crippen LogP contribution in [0.15, 0.2) is 54.6 Å². The summed E-state index contributed by atoms with van der Waals surface area (Å²) in [6.45, 7) is 0.407. The molecule has 1 aliphatic rings. The average Bonchev–Trinajstić information content (AvgIpc) is 2.86. The summed E-state index contributed by atoms with van der Waals surface area (Å²) in [6.07, 6.45) is 0.532. The van der Waals surface area contributed by atoms with Gasteiger partial charge in [-0.15, -0.1) is 0 Å². The van der Waals surface area contributed by atoms with E-state index in [0.29, 0.717) is 30.2 Å². The maximum absolute atomic E-state index is 13.5. The molecule has 1 heterocycles. The lowest BCUT2D eigenvalue weighted by molar-refractivity contribution is -0.384. The Hall–Kier alpha value is -3.85. The third kappa shape index (κ3) is 5.00. The van der Waals surface area contributed by atoms with Crippen molar-refractivity contribution in [2.75, 3.05) is 27.4 Å². The highest BCUT2D eigenvalue weighted by atomic mass is 35.5. The van der Waals surface area contributed by atoms with E-state index in [1.807, 2.05) is 6.07 Å². The second kappa shape index (κ2) is 10.2. The lowest BCUT2D eigenvalue weighted by Crippen LogP contribution is -2.42. The predicted molar refractivity (Wildman–Crippen MR) is 127 cm³/mol. The van der Waals surface area contributed by atoms with Gasteiger partial charge in [-0.2, -0.15) is 0 Å². The molecule has 0 saturated carbocycles. The first-order valence-corrected chi connectivity index (χ1v) is 11.1. The number of methoxy groups -OCH3 is 2. The number of benzene rings is 3. The van der Waals surface area contributed by atoms with E-state index in [1.54, 1.807) is 18.1 Å². The van der Waals surface area contributed by atoms with Crippen LogP contribution in [-0.2, 0) is 6.42 Å². The summed E-state index contributed by atoms with van der Waals surface area (Å²) < 4.78 is 30.1. The Bertz CT molecular complexity index is 1270. The van der Waals surface area contributed by atoms with Crippen LogP contribution in [0.2, 0.25) is 5.02 Å². The first-order chi connectivity index (χ1) is 16.8. The molecule has 10 heteroatoms. The largest absolute Gasteiger partial charge is 0.493 e. The molecule has 0 aromatic heterocycles. The molecule has 1 atom stereocenters. The highest BCUT2D eigenvalue weighted by molar-refractivity contribution is 6.32. The van der Waals surface area contributed by atoms with Crippen molar-refractivity contribution in [3.63, 3.8) is 0 Å². The summed E-state index contributed by atoms with van der Waals surface area (Å²) in [5, 5.41) is 11.3. The van der Waals surface area contributed by atoms with E-state index < -0.39 is 22.7 Å². The van der Waals surface area contributed by atoms with Crippen LogP contribution in [0.3, 0.4) is 0 Å². The maximum atomic E-state index is 13.5. The lowest BCUT2D eigenvalue weighted by Gasteiger charge is -2.37. The van der Waals surface area contributed by atoms with Crippen molar-refractivity contribution in [3.05, 3.63) is 92.2 Å². The number of carbonyl (C=O) groups excluding carboxylic acids is 1. The summed E-state index contributed by atoms with van der Waals surface area (Å²) in [5.41, 5.74) is 1.55. The number of hydrogen-bond acceptors (Lipinski definition) is 6. The SMILES string of the molecule is COc1cc2c(cc1OC)[C@@H](COc1ccc(F)cc1)N(C(=O)c1ccc(Cl)c([N+](=O)[O-])c1)CC2. The minimum Gasteiger partial charge on any atom is -0.493 e. The average molecular weight is 501 g/mol. The Balaban J connectivity index is 1.72. The van der Waals surface area contributed by atoms with Crippen molar-refractivity contribution in [2.24, 2.45) is 0 Å². The van der Waals surface area contributed by atoms with E-state index in [2.05, 4.69) is 0 Å². The van der Waals surface area contributed by atoms with Crippen molar-refractivity contribution >= 4 is 23.2 Å². The molecule has 3 aromatic rings. The molecule has 0 unspecified atom stereocenters. The summed E-state index contributed by atoms with van der Waals surface area (Å²) in [6, 6.07) is 12.7. The zero-order valence-electron chi connectivity index (χ0n) is 19.0. The number of nitro benzene ring substituents is 1. The molecule has 182 valence electrons. The van der Waals surface area contributed by atoms with Crippen LogP contribution in [0.5, 0.6) is 17.2 Å². The molecule has 0 fully saturated rings. The fourth-order valence-electron chi connectivity index (χ4n) is 4.11. The van der Waals surface area contributed by atoms with E-state index in [-0.39, 0.29) is 22.9 Å². The van der Waals surface area contributed by atoms with Gasteiger partial charge < -0.3 is 19.1 Å². The third-order valence-corrected chi connectivity index (χ3v) is 6.19. The number of hydrogen-bond donors (Lipinski definition) is 0. The molecule has 0 aliphatic carbocycles. The van der Waals surface area contributed by atoms with Crippen molar-refractivity contribution in [2.45, 2.75) is 12.5 Å². The number of rotatable bonds is 7. The van der Waals surface area contributed by atoms with Crippen LogP contribution < -0.4 is 14.2 Å². The zero-order chi connectivity index (χ0) is 25.1. The summed E-state index contributed by atoms with van der Waals surface area (Å²) in [7, 11) is 3.07. The number of halogens is 2. The van der Waals surface area contributed by atoms with Gasteiger partial charge in [-0.05, 0) is 66.1 Å². The second-order valence-corrected chi connectivity index (χ2v) is 8.27. The van der Waals surface area contributed by atoms with Crippen molar-refractivity contribution in [3.8, 4) is 17.2 Å². The highest BCUT2D eigenvalue weighted by Gasteiger charge is 2.34. The van der Waals surface area contributed by atoms with Crippen molar-refractivity contribution < 1.29 is 28.3 Å². The smallest absolute Gasteiger partial charge is 0.288 e. The first-order valence-electron chi connectivity index (χ1n) is 10.7. The summed E-state index contributed by atoms with van der Waals surface area (Å²) in [4.78, 5) is 25.9. The Labute approximate surface area is 205 Å². The van der Waals surface area contributed by atoms with E-state index in [4.69, 9.17) is 25.8 Å². The number of nitrogens with zero attached hydrogens (tertiary/aromatic N) is 2. The molecule has 0 saturated heterocycles. The van der Waals surface area contributed by atoms with Crippen LogP contribution in [0.1, 0.15) is 27.5 Å². The topological polar surface area (TPSA) is 91.1 Å². The minimum atomic E-state index is -0.628. The normalized spacial score (nSPS) is 14.7. The van der Waals surface area contributed by atoms with Gasteiger partial charge in [0, 0.05) is 18.2 Å². The molecular formula is C25H22ClFN2O6. The van der Waals surface area contributed by atoms with Gasteiger partial charge in [0.15, 0.2) is 11.5 Å². The number of amides is 1. The fraction of sp³-hybridized carbons (Fsp3) is 0.240. The monoisotopic (exact) mass is 500 g/mol. The maximum Gasteiger partial charge on any atom is 0.288 e. The molecule has 0 N–H and O–H groups in total. The molecule has 35 heavy (non-hydrogen) atoms. The minimum absolute atomic E-state index is 0.0523. The quantitative estimate of drug-likeness (QED) is 0.326. The van der Waals surface area contributed by atoms with Gasteiger partial charge >= 0.3 is 0 Å². The van der Waals surface area contributed by atoms with Crippen LogP contribution in [0.25, 0.3) is 0 Å². The number of fused-ring (bicyclic) bond motifs is 1. The predicted octanol–water partition coefficient (Wildman–Crippen LogP) is 5.22. The summed E-state index contributed by atoms with van der Waals surface area (Å²) >= 11 is 5.93. The Morgan fingerprint density at radius 1 is 1.11 bits per heavy atom. The summed E-state index contributed by atoms with van der Waals surface area (Å²) in [5.74, 6) is 0.705. The Kier molecular flexibility index (Phi) is 7.07. The highest BCUT2D eigenvalue weighted by Crippen LogP contribution is 2.39. The molecule has 1 amide bonds. The number of nitro groups is 1. The van der Waals surface area contributed by atoms with Crippen LogP contribution >= 0.6 is 11.6 Å². The van der Waals surface area contributed by atoms with Gasteiger partial charge in [-0.3, -0.25) is 14.9 Å². The van der Waals surface area contributed by atoms with Gasteiger partial charge in [-0.1, -0.05) is 11.6 Å². The van der Waals surface area contributed by atoms with E-state index >= 15 is 0 Å². The van der Waals surface area contributed by atoms with Crippen LogP contribution in [-0.4, -0.2) is 43.1 Å². The zero-order valence-corrected chi connectivity index (χ0v) is 19.8. The molecule has 0 radical (unpaired) electrons. The Morgan fingerprint density at radius 2 is 1.80 bits per heavy atom. The van der Waals surface area contributed by atoms with Gasteiger partial charge in [-0.25, -0.2) is 4.39 Å². The standard InChI is InChI=1S/C25H22ClFN2O6/c1-33-23-12-15-9-10-28(25(30)16-3-8-20(26)21(11-16)29(31)32)22(19(15)13-24(23)34-2)14-35-18-6-4-17(27)5-7-18/h3-8,11-13,22H,9-10,14H2,1-2H3/t22-/m1/s1. The third-order valence-electron chi connectivity index (χ3n) is 5.87. The number of carbonyl (C=O) groups is 1. The molecule has 0 bridgehead atoms. The van der Waals surface area contributed by atoms with Crippen LogP contribution in [0.4, 0.5) is 10.1 Å². The Morgan fingerprint density at radius 3 is 2.46 bits per heavy atom. The van der Waals surface area contributed by atoms with Crippen LogP contribution in [0, 0.1) is 15.9 Å². The molecule has 0 spiro atoms. The van der Waals surface area contributed by atoms with Crippen molar-refractivity contribution in [1.82, 2.24) is 4.90 Å². The van der Waals surface area contributed by atoms with Gasteiger partial charge in [0.05, 0.1) is 25.2 Å². The fourth-order valence-corrected chi connectivity index (χ4v) is 4.29. The second-order valence-electron chi connectivity index (χ2n) is 7.86. The molecule has 8 nitrogen and oxygen atoms in total. The van der Waals surface area contributed by atoms with Crippen molar-refractivity contribution in [1.29, 1.82) is 0 Å². The molecule has 4 rings (SSSR count). The first kappa shape index (κ1) is 24.3.